The van der Waals surface area contributed by atoms with Crippen molar-refractivity contribution >= 4 is 32.2 Å². The number of aromatic nitrogens is 1. The summed E-state index contributed by atoms with van der Waals surface area (Å²) in [7, 11) is -3.37. The molecule has 2 N–H and O–H groups in total. The number of nitrogen functional groups attached to an aromatic ring is 1. The van der Waals surface area contributed by atoms with Crippen molar-refractivity contribution < 1.29 is 8.42 Å². The fraction of sp³-hybridized carbons (Fsp3) is 0.308. The third-order valence-corrected chi connectivity index (χ3v) is 5.64. The number of hydrogen-bond donors (Lipinski definition) is 1. The Kier molecular flexibility index (Phi) is 3.18. The van der Waals surface area contributed by atoms with E-state index in [1.807, 2.05) is 17.0 Å². The largest absolute Gasteiger partial charge is 0.382 e. The van der Waals surface area contributed by atoms with E-state index in [9.17, 15) is 8.42 Å². The number of rotatable bonds is 2. The van der Waals surface area contributed by atoms with Gasteiger partial charge in [-0.3, -0.25) is 0 Å². The van der Waals surface area contributed by atoms with Gasteiger partial charge in [-0.05, 0) is 29.1 Å². The predicted octanol–water partition coefficient (Wildman–Crippen LogP) is 1.69. The van der Waals surface area contributed by atoms with Crippen LogP contribution in [0, 0.1) is 0 Å². The number of sulfone groups is 1. The zero-order valence-corrected chi connectivity index (χ0v) is 12.7. The maximum absolute atomic E-state index is 11.9. The number of anilines is 2. The van der Waals surface area contributed by atoms with Crippen LogP contribution in [-0.4, -0.2) is 25.6 Å². The number of fused-ring (bicyclic) bond motifs is 1. The molecule has 0 saturated heterocycles. The van der Waals surface area contributed by atoms with E-state index in [2.05, 4.69) is 16.5 Å². The van der Waals surface area contributed by atoms with Gasteiger partial charge in [0.15, 0.2) is 15.7 Å². The number of hydrogen-bond acceptors (Lipinski definition) is 6. The number of nitrogens with two attached hydrogens (primary N) is 1. The lowest BCUT2D eigenvalue weighted by molar-refractivity contribution is 0.601. The van der Waals surface area contributed by atoms with Crippen molar-refractivity contribution in [3.05, 3.63) is 35.4 Å². The molecule has 2 aromatic rings. The maximum atomic E-state index is 11.9. The van der Waals surface area contributed by atoms with Gasteiger partial charge in [-0.25, -0.2) is 8.42 Å². The molecule has 0 bridgehead atoms. The molecule has 0 amide bonds. The number of benzene rings is 1. The highest BCUT2D eigenvalue weighted by Gasteiger charge is 2.27. The highest BCUT2D eigenvalue weighted by atomic mass is 32.2. The first-order chi connectivity index (χ1) is 9.47. The highest BCUT2D eigenvalue weighted by Crippen LogP contribution is 2.36. The summed E-state index contributed by atoms with van der Waals surface area (Å²) in [5.74, 6) is 0.103. The van der Waals surface area contributed by atoms with E-state index >= 15 is 0 Å². The van der Waals surface area contributed by atoms with Crippen LogP contribution in [0.1, 0.15) is 11.1 Å². The van der Waals surface area contributed by atoms with Gasteiger partial charge in [0.25, 0.3) is 0 Å². The molecule has 0 unspecified atom stereocenters. The summed E-state index contributed by atoms with van der Waals surface area (Å²) < 4.78 is 27.8. The first kappa shape index (κ1) is 13.4. The van der Waals surface area contributed by atoms with Gasteiger partial charge < -0.3 is 10.6 Å². The van der Waals surface area contributed by atoms with E-state index < -0.39 is 9.84 Å². The average molecular weight is 309 g/mol. The Labute approximate surface area is 122 Å². The second-order valence-electron chi connectivity index (χ2n) is 4.91. The zero-order chi connectivity index (χ0) is 14.3. The number of nitrogens with zero attached hydrogens (tertiary/aromatic N) is 2. The summed E-state index contributed by atoms with van der Waals surface area (Å²) in [4.78, 5) is 2.22. The summed E-state index contributed by atoms with van der Waals surface area (Å²) in [6.07, 6.45) is 2.08. The Morgan fingerprint density at radius 3 is 2.70 bits per heavy atom. The minimum Gasteiger partial charge on any atom is -0.382 e. The Morgan fingerprint density at radius 2 is 2.00 bits per heavy atom. The normalized spacial score (nSPS) is 15.2. The van der Waals surface area contributed by atoms with Gasteiger partial charge in [0.05, 0.1) is 0 Å². The van der Waals surface area contributed by atoms with Crippen LogP contribution in [0.15, 0.2) is 29.2 Å². The second kappa shape index (κ2) is 4.75. The van der Waals surface area contributed by atoms with Crippen molar-refractivity contribution in [2.45, 2.75) is 17.9 Å². The van der Waals surface area contributed by atoms with Crippen molar-refractivity contribution in [3.8, 4) is 0 Å². The molecule has 0 spiro atoms. The van der Waals surface area contributed by atoms with Gasteiger partial charge in [0.2, 0.25) is 0 Å². The molecule has 5 nitrogen and oxygen atoms in total. The van der Waals surface area contributed by atoms with Crippen molar-refractivity contribution in [2.75, 3.05) is 23.4 Å². The lowest BCUT2D eigenvalue weighted by Gasteiger charge is -2.29. The molecule has 7 heteroatoms. The van der Waals surface area contributed by atoms with Gasteiger partial charge in [-0.1, -0.05) is 24.3 Å². The molecule has 20 heavy (non-hydrogen) atoms. The smallest absolute Gasteiger partial charge is 0.182 e. The monoisotopic (exact) mass is 309 g/mol. The SMILES string of the molecule is CS(=O)(=O)c1c(N)nsc1N1CCc2ccccc2C1. The van der Waals surface area contributed by atoms with Crippen LogP contribution in [0.5, 0.6) is 0 Å². The Morgan fingerprint density at radius 1 is 1.30 bits per heavy atom. The molecule has 1 aromatic carbocycles. The summed E-state index contributed by atoms with van der Waals surface area (Å²) in [6.45, 7) is 1.47. The second-order valence-corrected chi connectivity index (χ2v) is 7.62. The van der Waals surface area contributed by atoms with Crippen LogP contribution < -0.4 is 10.6 Å². The first-order valence-electron chi connectivity index (χ1n) is 6.24. The van der Waals surface area contributed by atoms with Crippen molar-refractivity contribution in [3.63, 3.8) is 0 Å². The Hall–Kier alpha value is -1.60. The standard InChI is InChI=1S/C13H15N3O2S2/c1-20(17,18)11-12(14)15-19-13(11)16-7-6-9-4-2-3-5-10(9)8-16/h2-5H,6-8H2,1H3,(H2,14,15). The summed E-state index contributed by atoms with van der Waals surface area (Å²) >= 11 is 1.16. The van der Waals surface area contributed by atoms with Crippen LogP contribution in [-0.2, 0) is 22.8 Å². The third-order valence-electron chi connectivity index (χ3n) is 3.45. The van der Waals surface area contributed by atoms with E-state index in [1.54, 1.807) is 0 Å². The quantitative estimate of drug-likeness (QED) is 0.913. The van der Waals surface area contributed by atoms with Gasteiger partial charge in [-0.2, -0.15) is 4.37 Å². The van der Waals surface area contributed by atoms with Gasteiger partial charge in [0, 0.05) is 19.3 Å². The Bertz CT molecular complexity index is 753. The zero-order valence-electron chi connectivity index (χ0n) is 11.0. The van der Waals surface area contributed by atoms with E-state index in [-0.39, 0.29) is 10.7 Å². The molecule has 1 aliphatic rings. The van der Waals surface area contributed by atoms with Crippen LogP contribution in [0.3, 0.4) is 0 Å². The summed E-state index contributed by atoms with van der Waals surface area (Å²) in [5, 5.41) is 0.652. The first-order valence-corrected chi connectivity index (χ1v) is 8.90. The van der Waals surface area contributed by atoms with Crippen LogP contribution in [0.25, 0.3) is 0 Å². The maximum Gasteiger partial charge on any atom is 0.182 e. The highest BCUT2D eigenvalue weighted by molar-refractivity contribution is 7.91. The van der Waals surface area contributed by atoms with Crippen molar-refractivity contribution in [1.82, 2.24) is 4.37 Å². The van der Waals surface area contributed by atoms with Crippen LogP contribution in [0.4, 0.5) is 10.8 Å². The molecule has 3 rings (SSSR count). The molecule has 0 saturated carbocycles. The molecular formula is C13H15N3O2S2. The molecular weight excluding hydrogens is 294 g/mol. The van der Waals surface area contributed by atoms with Gasteiger partial charge in [-0.15, -0.1) is 0 Å². The van der Waals surface area contributed by atoms with Crippen LogP contribution >= 0.6 is 11.5 Å². The molecule has 0 atom stereocenters. The van der Waals surface area contributed by atoms with E-state index in [0.29, 0.717) is 11.5 Å². The summed E-state index contributed by atoms with van der Waals surface area (Å²) in [6, 6.07) is 8.22. The molecule has 0 radical (unpaired) electrons. The molecule has 0 fully saturated rings. The minimum atomic E-state index is -3.37. The molecule has 0 aliphatic carbocycles. The lowest BCUT2D eigenvalue weighted by atomic mass is 10.0. The van der Waals surface area contributed by atoms with Crippen molar-refractivity contribution in [2.24, 2.45) is 0 Å². The fourth-order valence-corrected chi connectivity index (χ4v) is 4.73. The predicted molar refractivity (Wildman–Crippen MR) is 80.8 cm³/mol. The molecule has 1 aliphatic heterocycles. The fourth-order valence-electron chi connectivity index (χ4n) is 2.50. The van der Waals surface area contributed by atoms with E-state index in [0.717, 1.165) is 24.5 Å². The van der Waals surface area contributed by atoms with Crippen molar-refractivity contribution in [1.29, 1.82) is 0 Å². The Balaban J connectivity index is 2.01. The van der Waals surface area contributed by atoms with E-state index in [1.165, 1.54) is 17.4 Å². The van der Waals surface area contributed by atoms with E-state index in [4.69, 9.17) is 5.73 Å². The topological polar surface area (TPSA) is 76.3 Å². The van der Waals surface area contributed by atoms with Crippen LogP contribution in [0.2, 0.25) is 0 Å². The molecule has 1 aromatic heterocycles. The lowest BCUT2D eigenvalue weighted by Crippen LogP contribution is -2.30. The van der Waals surface area contributed by atoms with Gasteiger partial charge in [0.1, 0.15) is 9.90 Å². The minimum absolute atomic E-state index is 0.103. The summed E-state index contributed by atoms with van der Waals surface area (Å²) in [5.41, 5.74) is 8.27. The van der Waals surface area contributed by atoms with Gasteiger partial charge >= 0.3 is 0 Å². The molecule has 2 heterocycles. The third kappa shape index (κ3) is 2.27. The molecule has 106 valence electrons. The average Bonchev–Trinajstić information content (AvgIpc) is 2.80.